The summed E-state index contributed by atoms with van der Waals surface area (Å²) in [7, 11) is 0. The van der Waals surface area contributed by atoms with E-state index in [1.54, 1.807) is 0 Å². The summed E-state index contributed by atoms with van der Waals surface area (Å²) in [6, 6.07) is 10.9. The van der Waals surface area contributed by atoms with Crippen LogP contribution >= 0.6 is 0 Å². The van der Waals surface area contributed by atoms with E-state index in [1.165, 1.54) is 32.7 Å². The molecule has 4 nitrogen and oxygen atoms in total. The number of benzene rings is 1. The summed E-state index contributed by atoms with van der Waals surface area (Å²) in [5, 5.41) is 12.5. The molecule has 0 aliphatic carbocycles. The van der Waals surface area contributed by atoms with Gasteiger partial charge in [-0.15, -0.1) is 0 Å². The van der Waals surface area contributed by atoms with Gasteiger partial charge in [-0.05, 0) is 0 Å². The average molecular weight is 343 g/mol. The minimum absolute atomic E-state index is 0.269. The molecule has 3 aromatic rings. The van der Waals surface area contributed by atoms with E-state index in [0.29, 0.717) is 0 Å². The van der Waals surface area contributed by atoms with Crippen molar-refractivity contribution in [2.24, 2.45) is 0 Å². The number of fused-ring (bicyclic) bond motifs is 1. The first-order chi connectivity index (χ1) is 10.3. The number of hydrogen-bond donors (Lipinski definition) is 0. The molecule has 0 amide bonds. The van der Waals surface area contributed by atoms with Gasteiger partial charge in [0.2, 0.25) is 0 Å². The fraction of sp³-hybridized carbons (Fsp3) is 0.312. The summed E-state index contributed by atoms with van der Waals surface area (Å²) in [6.07, 6.45) is 2.51. The molecule has 0 atom stereocenters. The van der Waals surface area contributed by atoms with Crippen LogP contribution in [-0.2, 0) is 0 Å². The average Bonchev–Trinajstić information content (AvgIpc) is 3.17. The van der Waals surface area contributed by atoms with Gasteiger partial charge in [0.05, 0.1) is 0 Å². The van der Waals surface area contributed by atoms with Gasteiger partial charge in [-0.1, -0.05) is 0 Å². The first kappa shape index (κ1) is 13.0. The van der Waals surface area contributed by atoms with E-state index in [-0.39, 0.29) is 14.5 Å². The topological polar surface area (TPSA) is 41.9 Å². The molecule has 1 aliphatic heterocycles. The molecule has 1 saturated heterocycles. The number of nitrogens with zero attached hydrogens (tertiary/aromatic N) is 4. The fourth-order valence-corrected chi connectivity index (χ4v) is 5.10. The second kappa shape index (κ2) is 5.24. The van der Waals surface area contributed by atoms with E-state index in [0.717, 1.165) is 24.4 Å². The van der Waals surface area contributed by atoms with E-state index in [9.17, 15) is 0 Å². The molecule has 5 heteroatoms. The number of anilines is 1. The molecule has 0 spiro atoms. The maximum absolute atomic E-state index is 4.32. The first-order valence-corrected chi connectivity index (χ1v) is 8.97. The summed E-state index contributed by atoms with van der Waals surface area (Å²) < 4.78 is 2.68. The van der Waals surface area contributed by atoms with E-state index < -0.39 is 0 Å². The standard InChI is InChI=1S/C16H16N4Se/c1-11-4-6-12(7-5-11)14-10-13-15(21-14)16(18-19-17-13)20-8-2-3-9-20/h4-7,10H,2-3,8-9H2,1H3. The van der Waals surface area contributed by atoms with Crippen LogP contribution in [-0.4, -0.2) is 43.0 Å². The Hall–Kier alpha value is -1.71. The Kier molecular flexibility index (Phi) is 3.24. The monoisotopic (exact) mass is 344 g/mol. The summed E-state index contributed by atoms with van der Waals surface area (Å²) in [5.41, 5.74) is 3.61. The van der Waals surface area contributed by atoms with Gasteiger partial charge in [0.1, 0.15) is 0 Å². The van der Waals surface area contributed by atoms with Crippen molar-refractivity contribution in [3.63, 3.8) is 0 Å². The van der Waals surface area contributed by atoms with Crippen LogP contribution in [0, 0.1) is 6.92 Å². The SMILES string of the molecule is Cc1ccc(-c2cc3nnnc(N4CCCC4)c3[se]2)cc1. The molecule has 0 bridgehead atoms. The summed E-state index contributed by atoms with van der Waals surface area (Å²) in [6.45, 7) is 4.32. The van der Waals surface area contributed by atoms with Gasteiger partial charge in [-0.25, -0.2) is 0 Å². The van der Waals surface area contributed by atoms with Crippen LogP contribution in [0.25, 0.3) is 19.8 Å². The van der Waals surface area contributed by atoms with Crippen LogP contribution in [0.4, 0.5) is 5.82 Å². The Morgan fingerprint density at radius 1 is 1.05 bits per heavy atom. The second-order valence-corrected chi connectivity index (χ2v) is 7.71. The minimum atomic E-state index is 0.269. The van der Waals surface area contributed by atoms with Crippen molar-refractivity contribution in [1.82, 2.24) is 15.4 Å². The molecule has 106 valence electrons. The van der Waals surface area contributed by atoms with Crippen molar-refractivity contribution in [2.75, 3.05) is 18.0 Å². The Bertz CT molecular complexity index is 773. The van der Waals surface area contributed by atoms with Crippen molar-refractivity contribution in [2.45, 2.75) is 19.8 Å². The van der Waals surface area contributed by atoms with Crippen LogP contribution in [0.3, 0.4) is 0 Å². The third kappa shape index (κ3) is 2.37. The van der Waals surface area contributed by atoms with Gasteiger partial charge < -0.3 is 0 Å². The molecule has 0 N–H and O–H groups in total. The van der Waals surface area contributed by atoms with E-state index >= 15 is 0 Å². The van der Waals surface area contributed by atoms with E-state index in [2.05, 4.69) is 57.6 Å². The molecular weight excluding hydrogens is 327 g/mol. The molecular formula is C16H16N4Se. The second-order valence-electron chi connectivity index (χ2n) is 5.50. The third-order valence-corrected chi connectivity index (χ3v) is 6.40. The molecule has 0 unspecified atom stereocenters. The number of hydrogen-bond acceptors (Lipinski definition) is 4. The Morgan fingerprint density at radius 2 is 1.81 bits per heavy atom. The van der Waals surface area contributed by atoms with Gasteiger partial charge in [0, 0.05) is 0 Å². The van der Waals surface area contributed by atoms with E-state index in [4.69, 9.17) is 0 Å². The van der Waals surface area contributed by atoms with Crippen LogP contribution < -0.4 is 4.90 Å². The van der Waals surface area contributed by atoms with Crippen molar-refractivity contribution in [1.29, 1.82) is 0 Å². The molecule has 2 aromatic heterocycles. The number of aryl methyl sites for hydroxylation is 1. The molecule has 0 saturated carbocycles. The van der Waals surface area contributed by atoms with Crippen molar-refractivity contribution >= 4 is 30.1 Å². The van der Waals surface area contributed by atoms with Crippen LogP contribution in [0.1, 0.15) is 18.4 Å². The Labute approximate surface area is 129 Å². The van der Waals surface area contributed by atoms with E-state index in [1.807, 2.05) is 0 Å². The van der Waals surface area contributed by atoms with Crippen LogP contribution in [0.15, 0.2) is 30.3 Å². The van der Waals surface area contributed by atoms with Crippen LogP contribution in [0.5, 0.6) is 0 Å². The van der Waals surface area contributed by atoms with Gasteiger partial charge in [-0.2, -0.15) is 0 Å². The quantitative estimate of drug-likeness (QED) is 0.671. The fourth-order valence-electron chi connectivity index (χ4n) is 2.77. The maximum atomic E-state index is 4.32. The third-order valence-electron chi connectivity index (χ3n) is 3.95. The number of rotatable bonds is 2. The Balaban J connectivity index is 1.82. The van der Waals surface area contributed by atoms with Crippen molar-refractivity contribution < 1.29 is 0 Å². The molecule has 1 aliphatic rings. The molecule has 4 rings (SSSR count). The summed E-state index contributed by atoms with van der Waals surface area (Å²) in [4.78, 5) is 2.36. The predicted molar refractivity (Wildman–Crippen MR) is 85.9 cm³/mol. The van der Waals surface area contributed by atoms with Crippen LogP contribution in [0.2, 0.25) is 0 Å². The first-order valence-electron chi connectivity index (χ1n) is 7.26. The summed E-state index contributed by atoms with van der Waals surface area (Å²) >= 11 is 0.269. The van der Waals surface area contributed by atoms with Gasteiger partial charge in [0.25, 0.3) is 0 Å². The molecule has 3 heterocycles. The molecule has 21 heavy (non-hydrogen) atoms. The van der Waals surface area contributed by atoms with Crippen molar-refractivity contribution in [3.8, 4) is 10.0 Å². The zero-order valence-corrected chi connectivity index (χ0v) is 13.6. The molecule has 1 fully saturated rings. The van der Waals surface area contributed by atoms with Gasteiger partial charge in [0.15, 0.2) is 0 Å². The zero-order chi connectivity index (χ0) is 14.2. The molecule has 1 aromatic carbocycles. The normalized spacial score (nSPS) is 15.0. The Morgan fingerprint density at radius 3 is 2.57 bits per heavy atom. The zero-order valence-electron chi connectivity index (χ0n) is 11.9. The summed E-state index contributed by atoms with van der Waals surface area (Å²) in [5.74, 6) is 1.07. The molecule has 0 radical (unpaired) electrons. The van der Waals surface area contributed by atoms with Crippen molar-refractivity contribution in [3.05, 3.63) is 35.9 Å². The predicted octanol–water partition coefficient (Wildman–Crippen LogP) is 2.66. The van der Waals surface area contributed by atoms with Gasteiger partial charge >= 0.3 is 129 Å². The van der Waals surface area contributed by atoms with Gasteiger partial charge in [-0.3, -0.25) is 0 Å². The number of aromatic nitrogens is 3.